The highest BCUT2D eigenvalue weighted by Crippen LogP contribution is 2.30. The van der Waals surface area contributed by atoms with Crippen LogP contribution in [0.1, 0.15) is 184 Å². The van der Waals surface area contributed by atoms with Gasteiger partial charge in [-0.2, -0.15) is 0 Å². The number of esters is 2. The van der Waals surface area contributed by atoms with Gasteiger partial charge in [0.2, 0.25) is 0 Å². The lowest BCUT2D eigenvalue weighted by Gasteiger charge is -2.36. The molecular weight excluding hydrogens is 668 g/mol. The Hall–Kier alpha value is -1.95. The Kier molecular flexibility index (Phi) is 23.8. The van der Waals surface area contributed by atoms with Crippen molar-refractivity contribution in [2.24, 2.45) is 0 Å². The number of rotatable bonds is 26. The van der Waals surface area contributed by atoms with Crippen molar-refractivity contribution in [3.8, 4) is 0 Å². The van der Waals surface area contributed by atoms with Gasteiger partial charge in [-0.05, 0) is 116 Å². The van der Waals surface area contributed by atoms with Crippen molar-refractivity contribution < 1.29 is 52.3 Å². The van der Waals surface area contributed by atoms with Gasteiger partial charge in [-0.15, -0.1) is 0 Å². The van der Waals surface area contributed by atoms with Gasteiger partial charge in [0, 0.05) is 13.8 Å². The first-order valence-corrected chi connectivity index (χ1v) is 20.8. The Bertz CT molecular complexity index is 902. The summed E-state index contributed by atoms with van der Waals surface area (Å²) in [5.41, 5.74) is 0. The van der Waals surface area contributed by atoms with Gasteiger partial charge in [-0.1, -0.05) is 54.4 Å². The lowest BCUT2D eigenvalue weighted by atomic mass is 9.98. The summed E-state index contributed by atoms with van der Waals surface area (Å²) < 4.78 is 48.0. The molecule has 10 unspecified atom stereocenters. The third-order valence-electron chi connectivity index (χ3n) is 10.2. The van der Waals surface area contributed by atoms with Crippen LogP contribution in [0.15, 0.2) is 0 Å². The number of ether oxygens (including phenoxy) is 8. The van der Waals surface area contributed by atoms with Crippen molar-refractivity contribution in [3.05, 3.63) is 0 Å². The van der Waals surface area contributed by atoms with Gasteiger partial charge >= 0.3 is 18.1 Å². The standard InChI is InChI=1S/C41H74O11/c1-9-17-39-47-33(13-5)27-37(49-39)25-23-35(21-15-19-31(11-3)45-29(7)42)51-41(44)52-36(22-16-20-32(12-4)46-30(8)43)24-26-38-28-34(14-6)48-40(50-38)18-10-2/h31-40H,9-28H2,1-8H3. The first kappa shape index (κ1) is 46.2. The van der Waals surface area contributed by atoms with E-state index in [1.807, 2.05) is 13.8 Å². The van der Waals surface area contributed by atoms with Crippen LogP contribution in [-0.4, -0.2) is 79.5 Å². The largest absolute Gasteiger partial charge is 0.508 e. The normalized spacial score (nSPS) is 25.8. The van der Waals surface area contributed by atoms with Crippen molar-refractivity contribution in [2.75, 3.05) is 0 Å². The molecule has 0 aromatic heterocycles. The summed E-state index contributed by atoms with van der Waals surface area (Å²) in [4.78, 5) is 36.7. The van der Waals surface area contributed by atoms with Crippen molar-refractivity contribution in [3.63, 3.8) is 0 Å². The lowest BCUT2D eigenvalue weighted by Crippen LogP contribution is -2.38. The zero-order chi connectivity index (χ0) is 38.3. The van der Waals surface area contributed by atoms with E-state index in [1.54, 1.807) is 0 Å². The molecule has 0 spiro atoms. The summed E-state index contributed by atoms with van der Waals surface area (Å²) in [6, 6.07) is 0. The van der Waals surface area contributed by atoms with E-state index >= 15 is 0 Å². The summed E-state index contributed by atoms with van der Waals surface area (Å²) >= 11 is 0. The van der Waals surface area contributed by atoms with E-state index in [2.05, 4.69) is 27.7 Å². The summed E-state index contributed by atoms with van der Waals surface area (Å²) in [6.45, 7) is 15.4. The van der Waals surface area contributed by atoms with Crippen LogP contribution in [-0.2, 0) is 47.5 Å². The summed E-state index contributed by atoms with van der Waals surface area (Å²) in [5, 5.41) is 0. The average Bonchev–Trinajstić information content (AvgIpc) is 3.11. The van der Waals surface area contributed by atoms with Gasteiger partial charge in [0.1, 0.15) is 24.4 Å². The third-order valence-corrected chi connectivity index (χ3v) is 10.2. The highest BCUT2D eigenvalue weighted by Gasteiger charge is 2.32. The first-order chi connectivity index (χ1) is 25.0. The predicted octanol–water partition coefficient (Wildman–Crippen LogP) is 9.88. The molecule has 2 saturated heterocycles. The highest BCUT2D eigenvalue weighted by molar-refractivity contribution is 5.66. The van der Waals surface area contributed by atoms with Gasteiger partial charge < -0.3 is 37.9 Å². The van der Waals surface area contributed by atoms with E-state index in [9.17, 15) is 14.4 Å². The minimum absolute atomic E-state index is 0.0289. The summed E-state index contributed by atoms with van der Waals surface area (Å²) in [6.07, 6.45) is 13.8. The molecule has 10 atom stereocenters. The fourth-order valence-electron chi connectivity index (χ4n) is 7.25. The molecule has 0 aromatic rings. The fourth-order valence-corrected chi connectivity index (χ4v) is 7.25. The minimum Gasteiger partial charge on any atom is -0.463 e. The Morgan fingerprint density at radius 3 is 1.19 bits per heavy atom. The maximum atomic E-state index is 13.5. The minimum atomic E-state index is -0.666. The SMILES string of the molecule is CCCC1OC(CC)CC(CCC(CCCC(CC)OC(C)=O)OC(=O)OC(CCCC(CC)OC(C)=O)CCC2CC(CC)OC(CCC)O2)O1. The Morgan fingerprint density at radius 2 is 0.865 bits per heavy atom. The molecule has 2 rings (SSSR count). The lowest BCUT2D eigenvalue weighted by molar-refractivity contribution is -0.247. The van der Waals surface area contributed by atoms with Crippen LogP contribution in [0.3, 0.4) is 0 Å². The van der Waals surface area contributed by atoms with Gasteiger partial charge in [0.05, 0.1) is 24.4 Å². The van der Waals surface area contributed by atoms with Crippen LogP contribution in [0.2, 0.25) is 0 Å². The van der Waals surface area contributed by atoms with E-state index < -0.39 is 6.16 Å². The zero-order valence-corrected chi connectivity index (χ0v) is 33.9. The predicted molar refractivity (Wildman–Crippen MR) is 200 cm³/mol. The molecule has 2 heterocycles. The molecule has 2 aliphatic rings. The van der Waals surface area contributed by atoms with Crippen LogP contribution in [0.25, 0.3) is 0 Å². The molecule has 2 aliphatic heterocycles. The van der Waals surface area contributed by atoms with Crippen LogP contribution < -0.4 is 0 Å². The second-order valence-corrected chi connectivity index (χ2v) is 14.8. The second kappa shape index (κ2) is 26.8. The van der Waals surface area contributed by atoms with Gasteiger partial charge in [0.15, 0.2) is 12.6 Å². The molecule has 0 aromatic carbocycles. The first-order valence-electron chi connectivity index (χ1n) is 20.8. The summed E-state index contributed by atoms with van der Waals surface area (Å²) in [5.74, 6) is -0.568. The molecular formula is C41H74O11. The quantitative estimate of drug-likeness (QED) is 0.0621. The Balaban J connectivity index is 2.12. The molecule has 0 radical (unpaired) electrons. The van der Waals surface area contributed by atoms with Gasteiger partial charge in [0.25, 0.3) is 0 Å². The fraction of sp³-hybridized carbons (Fsp3) is 0.927. The molecule has 2 fully saturated rings. The average molecular weight is 743 g/mol. The molecule has 0 saturated carbocycles. The third kappa shape index (κ3) is 19.4. The van der Waals surface area contributed by atoms with Crippen LogP contribution >= 0.6 is 0 Å². The molecule has 304 valence electrons. The maximum absolute atomic E-state index is 13.5. The smallest absolute Gasteiger partial charge is 0.463 e. The number of carbonyl (C=O) groups excluding carboxylic acids is 3. The van der Waals surface area contributed by atoms with Crippen LogP contribution in [0.4, 0.5) is 4.79 Å². The summed E-state index contributed by atoms with van der Waals surface area (Å²) in [7, 11) is 0. The number of hydrogen-bond donors (Lipinski definition) is 0. The molecule has 0 aliphatic carbocycles. The van der Waals surface area contributed by atoms with Gasteiger partial charge in [-0.25, -0.2) is 4.79 Å². The van der Waals surface area contributed by atoms with Gasteiger partial charge in [-0.3, -0.25) is 9.59 Å². The van der Waals surface area contributed by atoms with Crippen molar-refractivity contribution in [1.82, 2.24) is 0 Å². The molecule has 0 N–H and O–H groups in total. The van der Waals surface area contributed by atoms with Crippen LogP contribution in [0, 0.1) is 0 Å². The molecule has 11 heteroatoms. The molecule has 0 amide bonds. The Labute approximate surface area is 315 Å². The van der Waals surface area contributed by atoms with E-state index in [1.165, 1.54) is 13.8 Å². The van der Waals surface area contributed by atoms with E-state index in [0.29, 0.717) is 38.5 Å². The van der Waals surface area contributed by atoms with Crippen LogP contribution in [0.5, 0.6) is 0 Å². The highest BCUT2D eigenvalue weighted by atomic mass is 16.7. The Morgan fingerprint density at radius 1 is 0.500 bits per heavy atom. The zero-order valence-electron chi connectivity index (χ0n) is 33.9. The topological polar surface area (TPSA) is 125 Å². The van der Waals surface area contributed by atoms with Crippen molar-refractivity contribution in [2.45, 2.75) is 245 Å². The number of hydrogen-bond acceptors (Lipinski definition) is 11. The molecule has 0 bridgehead atoms. The number of carbonyl (C=O) groups is 3. The second-order valence-electron chi connectivity index (χ2n) is 14.8. The van der Waals surface area contributed by atoms with Crippen molar-refractivity contribution in [1.29, 1.82) is 0 Å². The molecule has 52 heavy (non-hydrogen) atoms. The maximum Gasteiger partial charge on any atom is 0.508 e. The van der Waals surface area contributed by atoms with E-state index in [-0.39, 0.29) is 73.4 Å². The van der Waals surface area contributed by atoms with E-state index in [4.69, 9.17) is 37.9 Å². The monoisotopic (exact) mass is 743 g/mol. The molecule has 11 nitrogen and oxygen atoms in total. The van der Waals surface area contributed by atoms with E-state index in [0.717, 1.165) is 89.9 Å². The van der Waals surface area contributed by atoms with Crippen molar-refractivity contribution >= 4 is 18.1 Å².